The van der Waals surface area contributed by atoms with Gasteiger partial charge in [-0.05, 0) is 12.1 Å². The molecule has 0 atom stereocenters. The second kappa shape index (κ2) is 9.44. The van der Waals surface area contributed by atoms with Crippen molar-refractivity contribution >= 4 is 29.2 Å². The van der Waals surface area contributed by atoms with E-state index in [1.807, 2.05) is 0 Å². The maximum absolute atomic E-state index is 15.0. The van der Waals surface area contributed by atoms with Crippen LogP contribution < -0.4 is 0 Å². The Kier molecular flexibility index (Phi) is 7.03. The molecule has 0 radical (unpaired) electrons. The number of nitrogens with zero attached hydrogens (tertiary/aromatic N) is 2. The molecule has 0 amide bonds. The fraction of sp³-hybridized carbons (Fsp3) is 0.150. The van der Waals surface area contributed by atoms with Crippen molar-refractivity contribution in [2.24, 2.45) is 0 Å². The number of alkyl halides is 4. The first-order chi connectivity index (χ1) is 15.5. The van der Waals surface area contributed by atoms with Gasteiger partial charge in [0.25, 0.3) is 12.9 Å². The summed E-state index contributed by atoms with van der Waals surface area (Å²) in [6.07, 6.45) is -6.70. The summed E-state index contributed by atoms with van der Waals surface area (Å²) in [5, 5.41) is 9.12. The molecule has 0 spiro atoms. The van der Waals surface area contributed by atoms with Crippen molar-refractivity contribution in [2.45, 2.75) is 12.9 Å². The third kappa shape index (κ3) is 4.42. The van der Waals surface area contributed by atoms with Crippen LogP contribution in [0.3, 0.4) is 0 Å². The standard InChI is InChI=1S/C20H10Cl2F6N2O3/c1-33-20(32)18-29-15(11-7(17(27)28)3-5-9(22)14(11)24)12(19(31)30-18)10-6(16(25)26)2-4-8(21)13(10)23/h2-5,16-17H,1H3,(H,29,30,31). The number of ether oxygens (including phenoxy) is 1. The average molecular weight is 511 g/mol. The van der Waals surface area contributed by atoms with Gasteiger partial charge in [0.2, 0.25) is 11.7 Å². The SMILES string of the molecule is COC(=O)c1nc(O)c(-c2c(C(F)F)ccc(Cl)c2F)c(-c2c(C(F)F)ccc(Cl)c2F)n1. The van der Waals surface area contributed by atoms with Crippen LogP contribution >= 0.6 is 23.2 Å². The molecule has 5 nitrogen and oxygen atoms in total. The Bertz CT molecular complexity index is 1260. The molecule has 3 aromatic rings. The lowest BCUT2D eigenvalue weighted by atomic mass is 9.93. The number of aromatic hydroxyl groups is 1. The van der Waals surface area contributed by atoms with Gasteiger partial charge in [-0.15, -0.1) is 0 Å². The molecule has 3 rings (SSSR count). The Morgan fingerprint density at radius 2 is 1.36 bits per heavy atom. The van der Waals surface area contributed by atoms with Gasteiger partial charge in [-0.1, -0.05) is 35.3 Å². The van der Waals surface area contributed by atoms with Gasteiger partial charge in [-0.2, -0.15) is 4.98 Å². The lowest BCUT2D eigenvalue weighted by Gasteiger charge is -2.18. The van der Waals surface area contributed by atoms with Crippen LogP contribution in [0.1, 0.15) is 34.6 Å². The summed E-state index contributed by atoms with van der Waals surface area (Å²) in [4.78, 5) is 18.9. The summed E-state index contributed by atoms with van der Waals surface area (Å²) >= 11 is 11.4. The topological polar surface area (TPSA) is 72.3 Å². The van der Waals surface area contributed by atoms with Gasteiger partial charge >= 0.3 is 5.97 Å². The van der Waals surface area contributed by atoms with E-state index >= 15 is 0 Å². The van der Waals surface area contributed by atoms with E-state index in [9.17, 15) is 36.2 Å². The molecule has 2 aromatic carbocycles. The fourth-order valence-corrected chi connectivity index (χ4v) is 3.35. The largest absolute Gasteiger partial charge is 0.493 e. The first-order valence-corrected chi connectivity index (χ1v) is 9.47. The van der Waals surface area contributed by atoms with Gasteiger partial charge in [0.15, 0.2) is 5.82 Å². The lowest BCUT2D eigenvalue weighted by molar-refractivity contribution is 0.0585. The van der Waals surface area contributed by atoms with Crippen LogP contribution in [0.25, 0.3) is 22.4 Å². The predicted octanol–water partition coefficient (Wildman–Crippen LogP) is 6.76. The highest BCUT2D eigenvalue weighted by Gasteiger charge is 2.32. The van der Waals surface area contributed by atoms with Crippen LogP contribution in [-0.4, -0.2) is 28.2 Å². The molecule has 1 heterocycles. The second-order valence-electron chi connectivity index (χ2n) is 6.34. The van der Waals surface area contributed by atoms with E-state index in [0.717, 1.165) is 19.2 Å². The summed E-state index contributed by atoms with van der Waals surface area (Å²) < 4.78 is 89.2. The molecule has 0 aliphatic rings. The highest BCUT2D eigenvalue weighted by molar-refractivity contribution is 6.31. The highest BCUT2D eigenvalue weighted by atomic mass is 35.5. The lowest BCUT2D eigenvalue weighted by Crippen LogP contribution is -2.11. The van der Waals surface area contributed by atoms with Gasteiger partial charge in [0, 0.05) is 22.3 Å². The average Bonchev–Trinajstić information content (AvgIpc) is 2.76. The van der Waals surface area contributed by atoms with E-state index in [1.165, 1.54) is 0 Å². The number of benzene rings is 2. The first kappa shape index (κ1) is 24.6. The van der Waals surface area contributed by atoms with Crippen molar-refractivity contribution in [1.82, 2.24) is 9.97 Å². The number of hydrogen-bond acceptors (Lipinski definition) is 5. The summed E-state index contributed by atoms with van der Waals surface area (Å²) in [5.41, 5.74) is -6.25. The minimum Gasteiger partial charge on any atom is -0.493 e. The minimum absolute atomic E-state index is 0.682. The monoisotopic (exact) mass is 510 g/mol. The van der Waals surface area contributed by atoms with E-state index in [1.54, 1.807) is 0 Å². The number of carbonyl (C=O) groups excluding carboxylic acids is 1. The molecule has 1 N–H and O–H groups in total. The Morgan fingerprint density at radius 1 is 0.879 bits per heavy atom. The summed E-state index contributed by atoms with van der Waals surface area (Å²) in [6, 6.07) is 3.03. The van der Waals surface area contributed by atoms with Crippen molar-refractivity contribution < 1.29 is 41.0 Å². The number of hydrogen-bond donors (Lipinski definition) is 1. The van der Waals surface area contributed by atoms with E-state index in [2.05, 4.69) is 14.7 Å². The molecule has 1 aromatic heterocycles. The van der Waals surface area contributed by atoms with E-state index in [0.29, 0.717) is 12.1 Å². The Hall–Kier alpha value is -3.05. The van der Waals surface area contributed by atoms with Crippen molar-refractivity contribution in [1.29, 1.82) is 0 Å². The number of aromatic nitrogens is 2. The number of rotatable bonds is 5. The Morgan fingerprint density at radius 3 is 1.85 bits per heavy atom. The zero-order valence-corrected chi connectivity index (χ0v) is 17.7. The summed E-state index contributed by atoms with van der Waals surface area (Å²) in [7, 11) is 0.895. The Labute approximate surface area is 191 Å². The van der Waals surface area contributed by atoms with Gasteiger partial charge in [-0.3, -0.25) is 0 Å². The quantitative estimate of drug-likeness (QED) is 0.303. The zero-order chi connectivity index (χ0) is 24.6. The van der Waals surface area contributed by atoms with E-state index in [4.69, 9.17) is 23.2 Å². The normalized spacial score (nSPS) is 11.4. The molecule has 0 unspecified atom stereocenters. The molecule has 33 heavy (non-hydrogen) atoms. The number of esters is 1. The van der Waals surface area contributed by atoms with Crippen LogP contribution in [0.5, 0.6) is 5.88 Å². The summed E-state index contributed by atoms with van der Waals surface area (Å²) in [6.45, 7) is 0. The maximum Gasteiger partial charge on any atom is 0.376 e. The molecule has 0 aliphatic heterocycles. The molecule has 0 saturated carbocycles. The summed E-state index contributed by atoms with van der Waals surface area (Å²) in [5.74, 6) is -6.54. The van der Waals surface area contributed by atoms with Crippen molar-refractivity contribution in [3.05, 3.63) is 62.9 Å². The highest BCUT2D eigenvalue weighted by Crippen LogP contribution is 2.46. The van der Waals surface area contributed by atoms with Crippen LogP contribution in [0.4, 0.5) is 26.3 Å². The number of carbonyl (C=O) groups is 1. The van der Waals surface area contributed by atoms with Crippen molar-refractivity contribution in [3.8, 4) is 28.3 Å². The first-order valence-electron chi connectivity index (χ1n) is 8.71. The van der Waals surface area contributed by atoms with Gasteiger partial charge in [-0.25, -0.2) is 36.1 Å². The van der Waals surface area contributed by atoms with Crippen LogP contribution in [0.15, 0.2) is 24.3 Å². The second-order valence-corrected chi connectivity index (χ2v) is 7.15. The van der Waals surface area contributed by atoms with Crippen LogP contribution in [-0.2, 0) is 4.74 Å². The number of halogens is 8. The van der Waals surface area contributed by atoms with Crippen molar-refractivity contribution in [3.63, 3.8) is 0 Å². The minimum atomic E-state index is -3.35. The van der Waals surface area contributed by atoms with E-state index < -0.39 is 85.7 Å². The van der Waals surface area contributed by atoms with Crippen molar-refractivity contribution in [2.75, 3.05) is 7.11 Å². The molecule has 0 saturated heterocycles. The number of methoxy groups -OCH3 is 1. The predicted molar refractivity (Wildman–Crippen MR) is 106 cm³/mol. The molecule has 0 bridgehead atoms. The molecule has 13 heteroatoms. The molecule has 0 fully saturated rings. The molecular weight excluding hydrogens is 501 g/mol. The smallest absolute Gasteiger partial charge is 0.376 e. The molecule has 0 aliphatic carbocycles. The van der Waals surface area contributed by atoms with Crippen LogP contribution in [0, 0.1) is 11.6 Å². The van der Waals surface area contributed by atoms with Gasteiger partial charge < -0.3 is 9.84 Å². The third-order valence-corrected chi connectivity index (χ3v) is 5.05. The molecular formula is C20H10Cl2F6N2O3. The van der Waals surface area contributed by atoms with Gasteiger partial charge in [0.1, 0.15) is 5.82 Å². The Balaban J connectivity index is 2.58. The van der Waals surface area contributed by atoms with Crippen LogP contribution in [0.2, 0.25) is 10.0 Å². The third-order valence-electron chi connectivity index (χ3n) is 4.47. The molecule has 174 valence electrons. The fourth-order valence-electron chi connectivity index (χ4n) is 3.03. The van der Waals surface area contributed by atoms with Gasteiger partial charge in [0.05, 0.1) is 28.4 Å². The zero-order valence-electron chi connectivity index (χ0n) is 16.1. The van der Waals surface area contributed by atoms with E-state index in [-0.39, 0.29) is 0 Å². The maximum atomic E-state index is 15.0.